The molecule has 146 valence electrons. The molecule has 0 bridgehead atoms. The van der Waals surface area contributed by atoms with Crippen molar-refractivity contribution in [2.75, 3.05) is 25.0 Å². The predicted molar refractivity (Wildman–Crippen MR) is 107 cm³/mol. The lowest BCUT2D eigenvalue weighted by molar-refractivity contribution is 0.0972. The molecule has 0 radical (unpaired) electrons. The van der Waals surface area contributed by atoms with Crippen LogP contribution in [0.2, 0.25) is 0 Å². The summed E-state index contributed by atoms with van der Waals surface area (Å²) in [4.78, 5) is 17.6. The molecule has 3 rings (SSSR count). The van der Waals surface area contributed by atoms with Crippen molar-refractivity contribution >= 4 is 17.6 Å². The highest BCUT2D eigenvalue weighted by molar-refractivity contribution is 5.89. The minimum Gasteiger partial charge on any atom is -0.454 e. The molecule has 8 heteroatoms. The van der Waals surface area contributed by atoms with E-state index in [-0.39, 0.29) is 11.8 Å². The monoisotopic (exact) mass is 380 g/mol. The molecular formula is C20H24N6O2. The van der Waals surface area contributed by atoms with Crippen molar-refractivity contribution in [2.45, 2.75) is 25.4 Å². The number of piperidine rings is 1. The first-order valence-corrected chi connectivity index (χ1v) is 9.20. The van der Waals surface area contributed by atoms with E-state index in [4.69, 9.17) is 10.2 Å². The SMILES string of the molecule is CN=C(NCc1ccc(C(N)=O)o1)NC1CCCN(c2ccccc2C#N)C1. The quantitative estimate of drug-likeness (QED) is 0.535. The van der Waals surface area contributed by atoms with Crippen molar-refractivity contribution in [1.29, 1.82) is 5.26 Å². The van der Waals surface area contributed by atoms with Crippen molar-refractivity contribution in [3.63, 3.8) is 0 Å². The lowest BCUT2D eigenvalue weighted by Gasteiger charge is -2.35. The molecule has 8 nitrogen and oxygen atoms in total. The largest absolute Gasteiger partial charge is 0.454 e. The van der Waals surface area contributed by atoms with Crippen LogP contribution in [0.15, 0.2) is 45.8 Å². The Labute approximate surface area is 164 Å². The Bertz CT molecular complexity index is 898. The highest BCUT2D eigenvalue weighted by Crippen LogP contribution is 2.23. The van der Waals surface area contributed by atoms with Crippen LogP contribution in [-0.4, -0.2) is 38.0 Å². The number of carbonyl (C=O) groups is 1. The number of nitrogens with one attached hydrogen (secondary N) is 2. The number of nitrogens with two attached hydrogens (primary N) is 1. The standard InChI is InChI=1S/C20H24N6O2/c1-23-20(24-12-16-8-9-18(28-16)19(22)27)25-15-6-4-10-26(13-15)17-7-3-2-5-14(17)11-21/h2-3,5,7-9,15H,4,6,10,12-13H2,1H3,(H2,22,27)(H2,23,24,25). The van der Waals surface area contributed by atoms with Gasteiger partial charge in [-0.25, -0.2) is 0 Å². The number of rotatable bonds is 5. The molecule has 0 spiro atoms. The van der Waals surface area contributed by atoms with Crippen molar-refractivity contribution < 1.29 is 9.21 Å². The molecule has 0 saturated carbocycles. The number of anilines is 1. The number of guanidine groups is 1. The minimum absolute atomic E-state index is 0.138. The Kier molecular flexibility index (Phi) is 6.17. The van der Waals surface area contributed by atoms with Crippen LogP contribution in [0.3, 0.4) is 0 Å². The molecule has 1 fully saturated rings. The number of nitriles is 1. The van der Waals surface area contributed by atoms with E-state index in [1.54, 1.807) is 19.2 Å². The Morgan fingerprint density at radius 2 is 2.21 bits per heavy atom. The van der Waals surface area contributed by atoms with Gasteiger partial charge in [-0.05, 0) is 37.1 Å². The van der Waals surface area contributed by atoms with Gasteiger partial charge in [-0.3, -0.25) is 9.79 Å². The molecule has 1 amide bonds. The molecule has 1 unspecified atom stereocenters. The molecule has 0 aliphatic carbocycles. The number of amides is 1. The zero-order valence-corrected chi connectivity index (χ0v) is 15.8. The molecule has 2 aromatic rings. The number of hydrogen-bond acceptors (Lipinski definition) is 5. The van der Waals surface area contributed by atoms with Crippen molar-refractivity contribution in [3.8, 4) is 6.07 Å². The number of aliphatic imine (C=N–C) groups is 1. The lowest BCUT2D eigenvalue weighted by atomic mass is 10.0. The Hall–Kier alpha value is -3.47. The first kappa shape index (κ1) is 19.3. The van der Waals surface area contributed by atoms with Crippen molar-refractivity contribution in [1.82, 2.24) is 10.6 Å². The van der Waals surface area contributed by atoms with Gasteiger partial charge in [-0.15, -0.1) is 0 Å². The van der Waals surface area contributed by atoms with Gasteiger partial charge in [0.25, 0.3) is 5.91 Å². The summed E-state index contributed by atoms with van der Waals surface area (Å²) in [5.74, 6) is 0.801. The van der Waals surface area contributed by atoms with Gasteiger partial charge in [0.2, 0.25) is 0 Å². The fourth-order valence-corrected chi connectivity index (χ4v) is 3.32. The molecule has 1 saturated heterocycles. The van der Waals surface area contributed by atoms with Crippen LogP contribution in [0.1, 0.15) is 34.7 Å². The van der Waals surface area contributed by atoms with Gasteiger partial charge in [-0.2, -0.15) is 5.26 Å². The number of primary amides is 1. The normalized spacial score (nSPS) is 17.1. The second-order valence-corrected chi connectivity index (χ2v) is 6.61. The van der Waals surface area contributed by atoms with Gasteiger partial charge in [-0.1, -0.05) is 12.1 Å². The zero-order valence-electron chi connectivity index (χ0n) is 15.8. The maximum absolute atomic E-state index is 11.1. The average molecular weight is 380 g/mol. The minimum atomic E-state index is -0.589. The zero-order chi connectivity index (χ0) is 19.9. The van der Waals surface area contributed by atoms with Crippen LogP contribution in [0.4, 0.5) is 5.69 Å². The summed E-state index contributed by atoms with van der Waals surface area (Å²) < 4.78 is 5.37. The lowest BCUT2D eigenvalue weighted by Crippen LogP contribution is -2.51. The van der Waals surface area contributed by atoms with Crippen LogP contribution in [0, 0.1) is 11.3 Å². The van der Waals surface area contributed by atoms with E-state index in [9.17, 15) is 10.1 Å². The molecule has 28 heavy (non-hydrogen) atoms. The van der Waals surface area contributed by atoms with Crippen LogP contribution in [0.25, 0.3) is 0 Å². The van der Waals surface area contributed by atoms with Gasteiger partial charge < -0.3 is 25.7 Å². The fourth-order valence-electron chi connectivity index (χ4n) is 3.32. The van der Waals surface area contributed by atoms with E-state index in [2.05, 4.69) is 26.6 Å². The molecule has 4 N–H and O–H groups in total. The number of furan rings is 1. The summed E-state index contributed by atoms with van der Waals surface area (Å²) in [5, 5.41) is 16.0. The van der Waals surface area contributed by atoms with Gasteiger partial charge in [0, 0.05) is 26.2 Å². The first-order chi connectivity index (χ1) is 13.6. The van der Waals surface area contributed by atoms with E-state index in [1.165, 1.54) is 0 Å². The maximum Gasteiger partial charge on any atom is 0.284 e. The Morgan fingerprint density at radius 1 is 1.39 bits per heavy atom. The van der Waals surface area contributed by atoms with Gasteiger partial charge in [0.05, 0.1) is 17.8 Å². The van der Waals surface area contributed by atoms with E-state index >= 15 is 0 Å². The molecule has 1 aromatic heterocycles. The van der Waals surface area contributed by atoms with E-state index in [1.807, 2.05) is 24.3 Å². The third kappa shape index (κ3) is 4.62. The second kappa shape index (κ2) is 8.95. The van der Waals surface area contributed by atoms with E-state index < -0.39 is 5.91 Å². The molecule has 2 heterocycles. The summed E-state index contributed by atoms with van der Waals surface area (Å²) in [5.41, 5.74) is 6.86. The van der Waals surface area contributed by atoms with Crippen LogP contribution < -0.4 is 21.3 Å². The summed E-state index contributed by atoms with van der Waals surface area (Å²) in [6.07, 6.45) is 2.03. The Morgan fingerprint density at radius 3 is 2.93 bits per heavy atom. The second-order valence-electron chi connectivity index (χ2n) is 6.61. The molecule has 1 aromatic carbocycles. The van der Waals surface area contributed by atoms with E-state index in [0.29, 0.717) is 23.8 Å². The van der Waals surface area contributed by atoms with Crippen LogP contribution in [0.5, 0.6) is 0 Å². The van der Waals surface area contributed by atoms with Crippen molar-refractivity contribution in [3.05, 3.63) is 53.5 Å². The highest BCUT2D eigenvalue weighted by Gasteiger charge is 2.22. The maximum atomic E-state index is 11.1. The number of hydrogen-bond donors (Lipinski definition) is 3. The predicted octanol–water partition coefficient (Wildman–Crippen LogP) is 1.58. The summed E-state index contributed by atoms with van der Waals surface area (Å²) in [7, 11) is 1.71. The first-order valence-electron chi connectivity index (χ1n) is 9.20. The third-order valence-corrected chi connectivity index (χ3v) is 4.69. The van der Waals surface area contributed by atoms with Gasteiger partial charge in [0.15, 0.2) is 11.7 Å². The topological polar surface area (TPSA) is 120 Å². The van der Waals surface area contributed by atoms with E-state index in [0.717, 1.165) is 31.6 Å². The van der Waals surface area contributed by atoms with Crippen LogP contribution in [-0.2, 0) is 6.54 Å². The van der Waals surface area contributed by atoms with Gasteiger partial charge in [0.1, 0.15) is 11.8 Å². The van der Waals surface area contributed by atoms with Crippen LogP contribution >= 0.6 is 0 Å². The summed E-state index contributed by atoms with van der Waals surface area (Å²) in [6, 6.07) is 13.4. The smallest absolute Gasteiger partial charge is 0.284 e. The number of nitrogens with zero attached hydrogens (tertiary/aromatic N) is 3. The number of para-hydroxylation sites is 1. The highest BCUT2D eigenvalue weighted by atomic mass is 16.3. The summed E-state index contributed by atoms with van der Waals surface area (Å²) in [6.45, 7) is 2.10. The summed E-state index contributed by atoms with van der Waals surface area (Å²) >= 11 is 0. The number of benzene rings is 1. The Balaban J connectivity index is 1.58. The van der Waals surface area contributed by atoms with Gasteiger partial charge >= 0.3 is 0 Å². The molecule has 1 atom stereocenters. The molecule has 1 aliphatic rings. The molecular weight excluding hydrogens is 356 g/mol. The average Bonchev–Trinajstić information content (AvgIpc) is 3.20. The third-order valence-electron chi connectivity index (χ3n) is 4.69. The number of carbonyl (C=O) groups excluding carboxylic acids is 1. The van der Waals surface area contributed by atoms with Crippen molar-refractivity contribution in [2.24, 2.45) is 10.7 Å². The fraction of sp³-hybridized carbons (Fsp3) is 0.350. The molecule has 1 aliphatic heterocycles.